The fourth-order valence-corrected chi connectivity index (χ4v) is 2.49. The molecule has 1 unspecified atom stereocenters. The highest BCUT2D eigenvalue weighted by atomic mass is 16.3. The number of rotatable bonds is 6. The molecule has 0 saturated carbocycles. The van der Waals surface area contributed by atoms with E-state index in [1.165, 1.54) is 6.26 Å². The minimum atomic E-state index is -0.600. The standard InChI is InChI=1S/C19H24N2O3/c1-13(2)17(20-18(22)16-10-7-11-24-16)19(23)21(4)12-15-9-6-5-8-14(15)3/h5-11,13,17H,12H2,1-4H3,(H,20,22). The van der Waals surface area contributed by atoms with Gasteiger partial charge in [-0.1, -0.05) is 38.1 Å². The molecule has 0 bridgehead atoms. The van der Waals surface area contributed by atoms with E-state index in [1.807, 2.05) is 45.0 Å². The van der Waals surface area contributed by atoms with E-state index >= 15 is 0 Å². The zero-order valence-corrected chi connectivity index (χ0v) is 14.6. The van der Waals surface area contributed by atoms with Gasteiger partial charge in [0, 0.05) is 13.6 Å². The summed E-state index contributed by atoms with van der Waals surface area (Å²) < 4.78 is 5.09. The monoisotopic (exact) mass is 328 g/mol. The molecule has 1 aromatic heterocycles. The van der Waals surface area contributed by atoms with Crippen LogP contribution in [-0.4, -0.2) is 29.8 Å². The van der Waals surface area contributed by atoms with E-state index < -0.39 is 6.04 Å². The van der Waals surface area contributed by atoms with Gasteiger partial charge in [-0.25, -0.2) is 0 Å². The molecule has 2 aromatic rings. The van der Waals surface area contributed by atoms with E-state index in [0.29, 0.717) is 6.54 Å². The predicted octanol–water partition coefficient (Wildman–Crippen LogP) is 3.00. The van der Waals surface area contributed by atoms with Crippen LogP contribution in [0, 0.1) is 12.8 Å². The van der Waals surface area contributed by atoms with Gasteiger partial charge in [0.2, 0.25) is 5.91 Å². The van der Waals surface area contributed by atoms with Gasteiger partial charge in [-0.3, -0.25) is 9.59 Å². The summed E-state index contributed by atoms with van der Waals surface area (Å²) in [5, 5.41) is 2.78. The van der Waals surface area contributed by atoms with Crippen LogP contribution < -0.4 is 5.32 Å². The van der Waals surface area contributed by atoms with Crippen LogP contribution in [0.3, 0.4) is 0 Å². The number of nitrogens with one attached hydrogen (secondary N) is 1. The van der Waals surface area contributed by atoms with Crippen LogP contribution >= 0.6 is 0 Å². The summed E-state index contributed by atoms with van der Waals surface area (Å²) in [5.74, 6) is -0.324. The summed E-state index contributed by atoms with van der Waals surface area (Å²) in [6.07, 6.45) is 1.44. The molecule has 5 heteroatoms. The van der Waals surface area contributed by atoms with Gasteiger partial charge in [0.15, 0.2) is 5.76 Å². The van der Waals surface area contributed by atoms with Gasteiger partial charge in [0.05, 0.1) is 6.26 Å². The van der Waals surface area contributed by atoms with Gasteiger partial charge in [-0.05, 0) is 36.1 Å². The summed E-state index contributed by atoms with van der Waals surface area (Å²) in [7, 11) is 1.75. The summed E-state index contributed by atoms with van der Waals surface area (Å²) in [6, 6.07) is 10.6. The largest absolute Gasteiger partial charge is 0.459 e. The first kappa shape index (κ1) is 17.8. The zero-order valence-electron chi connectivity index (χ0n) is 14.6. The molecular formula is C19H24N2O3. The smallest absolute Gasteiger partial charge is 0.287 e. The summed E-state index contributed by atoms with van der Waals surface area (Å²) in [4.78, 5) is 26.6. The second kappa shape index (κ2) is 7.81. The number of benzene rings is 1. The number of hydrogen-bond donors (Lipinski definition) is 1. The molecule has 0 aliphatic carbocycles. The molecule has 0 aliphatic rings. The fourth-order valence-electron chi connectivity index (χ4n) is 2.49. The predicted molar refractivity (Wildman–Crippen MR) is 92.5 cm³/mol. The maximum absolute atomic E-state index is 12.8. The van der Waals surface area contributed by atoms with E-state index in [1.54, 1.807) is 24.1 Å². The van der Waals surface area contributed by atoms with Crippen LogP contribution in [0.1, 0.15) is 35.5 Å². The minimum Gasteiger partial charge on any atom is -0.459 e. The van der Waals surface area contributed by atoms with Crippen LogP contribution in [0.15, 0.2) is 47.1 Å². The van der Waals surface area contributed by atoms with E-state index in [-0.39, 0.29) is 23.5 Å². The van der Waals surface area contributed by atoms with Crippen molar-refractivity contribution in [2.24, 2.45) is 5.92 Å². The molecule has 0 fully saturated rings. The second-order valence-corrected chi connectivity index (χ2v) is 6.29. The quantitative estimate of drug-likeness (QED) is 0.886. The zero-order chi connectivity index (χ0) is 17.7. The van der Waals surface area contributed by atoms with Gasteiger partial charge in [-0.15, -0.1) is 0 Å². The Morgan fingerprint density at radius 1 is 1.17 bits per heavy atom. The maximum atomic E-state index is 12.8. The van der Waals surface area contributed by atoms with E-state index in [2.05, 4.69) is 5.32 Å². The van der Waals surface area contributed by atoms with Crippen LogP contribution in [0.5, 0.6) is 0 Å². The van der Waals surface area contributed by atoms with Gasteiger partial charge in [0.25, 0.3) is 5.91 Å². The van der Waals surface area contributed by atoms with Crippen molar-refractivity contribution in [2.75, 3.05) is 7.05 Å². The summed E-state index contributed by atoms with van der Waals surface area (Å²) in [6.45, 7) is 6.34. The number of hydrogen-bond acceptors (Lipinski definition) is 3. The first-order valence-corrected chi connectivity index (χ1v) is 8.04. The third-order valence-electron chi connectivity index (χ3n) is 4.01. The van der Waals surface area contributed by atoms with Crippen molar-refractivity contribution in [1.82, 2.24) is 10.2 Å². The number of amides is 2. The third kappa shape index (κ3) is 4.25. The Morgan fingerprint density at radius 2 is 1.88 bits per heavy atom. The first-order chi connectivity index (χ1) is 11.4. The first-order valence-electron chi connectivity index (χ1n) is 8.04. The molecule has 24 heavy (non-hydrogen) atoms. The highest BCUT2D eigenvalue weighted by Gasteiger charge is 2.28. The summed E-state index contributed by atoms with van der Waals surface area (Å²) >= 11 is 0. The highest BCUT2D eigenvalue weighted by molar-refractivity contribution is 5.95. The summed E-state index contributed by atoms with van der Waals surface area (Å²) in [5.41, 5.74) is 2.23. The van der Waals surface area contributed by atoms with Crippen LogP contribution in [0.4, 0.5) is 0 Å². The molecule has 5 nitrogen and oxygen atoms in total. The Labute approximate surface area is 142 Å². The van der Waals surface area contributed by atoms with Crippen molar-refractivity contribution in [1.29, 1.82) is 0 Å². The number of aryl methyl sites for hydroxylation is 1. The van der Waals surface area contributed by atoms with Gasteiger partial charge < -0.3 is 14.6 Å². The van der Waals surface area contributed by atoms with E-state index in [4.69, 9.17) is 4.42 Å². The molecule has 1 atom stereocenters. The molecular weight excluding hydrogens is 304 g/mol. The second-order valence-electron chi connectivity index (χ2n) is 6.29. The fraction of sp³-hybridized carbons (Fsp3) is 0.368. The molecule has 1 aromatic carbocycles. The van der Waals surface area contributed by atoms with Crippen molar-refractivity contribution < 1.29 is 14.0 Å². The van der Waals surface area contributed by atoms with Gasteiger partial charge in [-0.2, -0.15) is 0 Å². The molecule has 0 saturated heterocycles. The van der Waals surface area contributed by atoms with E-state index in [9.17, 15) is 9.59 Å². The Hall–Kier alpha value is -2.56. The molecule has 128 valence electrons. The minimum absolute atomic E-state index is 0.0317. The Kier molecular flexibility index (Phi) is 5.79. The van der Waals surface area contributed by atoms with Crippen molar-refractivity contribution in [3.8, 4) is 0 Å². The molecule has 2 rings (SSSR count). The average Bonchev–Trinajstić information content (AvgIpc) is 3.08. The number of nitrogens with zero attached hydrogens (tertiary/aromatic N) is 1. The molecule has 0 spiro atoms. The molecule has 2 amide bonds. The van der Waals surface area contributed by atoms with Crippen molar-refractivity contribution >= 4 is 11.8 Å². The Bertz CT molecular complexity index is 692. The number of carbonyl (C=O) groups excluding carboxylic acids is 2. The SMILES string of the molecule is Cc1ccccc1CN(C)C(=O)C(NC(=O)c1ccco1)C(C)C. The number of carbonyl (C=O) groups is 2. The van der Waals surface area contributed by atoms with Crippen LogP contribution in [0.2, 0.25) is 0 Å². The maximum Gasteiger partial charge on any atom is 0.287 e. The lowest BCUT2D eigenvalue weighted by atomic mass is 10.0. The highest BCUT2D eigenvalue weighted by Crippen LogP contribution is 2.13. The lowest BCUT2D eigenvalue weighted by Crippen LogP contribution is -2.50. The lowest BCUT2D eigenvalue weighted by Gasteiger charge is -2.27. The molecule has 0 aliphatic heterocycles. The van der Waals surface area contributed by atoms with Gasteiger partial charge in [0.1, 0.15) is 6.04 Å². The van der Waals surface area contributed by atoms with Crippen molar-refractivity contribution in [3.63, 3.8) is 0 Å². The van der Waals surface area contributed by atoms with Crippen molar-refractivity contribution in [2.45, 2.75) is 33.4 Å². The van der Waals surface area contributed by atoms with Gasteiger partial charge >= 0.3 is 0 Å². The molecule has 1 heterocycles. The lowest BCUT2D eigenvalue weighted by molar-refractivity contribution is -0.133. The third-order valence-corrected chi connectivity index (χ3v) is 4.01. The molecule has 0 radical (unpaired) electrons. The number of likely N-dealkylation sites (N-methyl/N-ethyl adjacent to an activating group) is 1. The van der Waals surface area contributed by atoms with Crippen LogP contribution in [-0.2, 0) is 11.3 Å². The Balaban J connectivity index is 2.08. The topological polar surface area (TPSA) is 62.6 Å². The Morgan fingerprint density at radius 3 is 2.46 bits per heavy atom. The van der Waals surface area contributed by atoms with E-state index in [0.717, 1.165) is 11.1 Å². The van der Waals surface area contributed by atoms with Crippen LogP contribution in [0.25, 0.3) is 0 Å². The van der Waals surface area contributed by atoms with Crippen molar-refractivity contribution in [3.05, 3.63) is 59.5 Å². The molecule has 1 N–H and O–H groups in total. The number of furan rings is 1. The normalized spacial score (nSPS) is 12.0. The average molecular weight is 328 g/mol.